The first-order valence-corrected chi connectivity index (χ1v) is 12.2. The van der Waals surface area contributed by atoms with Crippen molar-refractivity contribution in [3.63, 3.8) is 0 Å². The minimum atomic E-state index is -0.926. The molecule has 1 aliphatic carbocycles. The zero-order chi connectivity index (χ0) is 23.1. The van der Waals surface area contributed by atoms with E-state index in [1.165, 1.54) is 22.8 Å². The molecule has 166 valence electrons. The summed E-state index contributed by atoms with van der Waals surface area (Å²) in [6, 6.07) is 16.6. The van der Waals surface area contributed by atoms with Crippen molar-refractivity contribution in [2.45, 2.75) is 39.7 Å². The largest absolute Gasteiger partial charge is 0.478 e. The summed E-state index contributed by atoms with van der Waals surface area (Å²) in [7, 11) is 0. The smallest absolute Gasteiger partial charge is 0.328 e. The van der Waals surface area contributed by atoms with Crippen molar-refractivity contribution in [1.82, 2.24) is 14.5 Å². The quantitative estimate of drug-likeness (QED) is 0.205. The highest BCUT2D eigenvalue weighted by Gasteiger charge is 2.20. The van der Waals surface area contributed by atoms with Gasteiger partial charge in [-0.2, -0.15) is 0 Å². The van der Waals surface area contributed by atoms with Crippen LogP contribution in [0.5, 0.6) is 0 Å². The van der Waals surface area contributed by atoms with Gasteiger partial charge in [0.2, 0.25) is 0 Å². The summed E-state index contributed by atoms with van der Waals surface area (Å²) < 4.78 is 3.18. The zero-order valence-electron chi connectivity index (χ0n) is 18.6. The molecule has 0 bridgehead atoms. The van der Waals surface area contributed by atoms with Crippen molar-refractivity contribution in [2.75, 3.05) is 0 Å². The number of hydrogen-bond donors (Lipinski definition) is 1. The zero-order valence-corrected chi connectivity index (χ0v) is 20.8. The number of imidazole rings is 1. The minimum Gasteiger partial charge on any atom is -0.478 e. The highest BCUT2D eigenvalue weighted by molar-refractivity contribution is 14.1. The first-order chi connectivity index (χ1) is 15.9. The molecule has 6 heteroatoms. The molecule has 5 nitrogen and oxygen atoms in total. The molecule has 0 aliphatic heterocycles. The molecule has 2 aromatic carbocycles. The summed E-state index contributed by atoms with van der Waals surface area (Å²) in [5.74, 6) is 0.0988. The number of carboxylic acids is 1. The number of rotatable bonds is 4. The minimum absolute atomic E-state index is 0.685. The maximum Gasteiger partial charge on any atom is 0.328 e. The number of aliphatic carboxylic acids is 1. The van der Waals surface area contributed by atoms with Crippen LogP contribution >= 0.6 is 22.6 Å². The van der Waals surface area contributed by atoms with E-state index < -0.39 is 5.97 Å². The molecule has 2 aromatic heterocycles. The lowest BCUT2D eigenvalue weighted by Gasteiger charge is -2.14. The van der Waals surface area contributed by atoms with E-state index in [1.54, 1.807) is 0 Å². The summed E-state index contributed by atoms with van der Waals surface area (Å²) in [5.41, 5.74) is 9.35. The number of carbonyl (C=O) groups is 1. The number of aryl methyl sites for hydroxylation is 4. The predicted molar refractivity (Wildman–Crippen MR) is 138 cm³/mol. The number of fused-ring (bicyclic) bond motifs is 3. The van der Waals surface area contributed by atoms with Gasteiger partial charge in [-0.05, 0) is 87.4 Å². The average molecular weight is 549 g/mol. The topological polar surface area (TPSA) is 68.0 Å². The molecular weight excluding hydrogens is 525 g/mol. The molecule has 0 radical (unpaired) electrons. The standard InChI is InChI=1S/C27H24IN3O2/c1-3-24-30-26-16(2)12-23(28)29-27(26)31(24)15-17-8-11-21-19(13-17)10-9-18-6-4-5-7-20(18)22(21)14-25(32)33/h4-8,11-14H,3,9-10,15H2,1-2H3,(H,32,33)/b22-14-. The van der Waals surface area contributed by atoms with Gasteiger partial charge in [0.15, 0.2) is 5.65 Å². The molecule has 2 heterocycles. The Labute approximate surface area is 206 Å². The van der Waals surface area contributed by atoms with Crippen molar-refractivity contribution in [1.29, 1.82) is 0 Å². The van der Waals surface area contributed by atoms with E-state index in [9.17, 15) is 9.90 Å². The predicted octanol–water partition coefficient (Wildman–Crippen LogP) is 5.57. The third-order valence-electron chi connectivity index (χ3n) is 6.30. The molecule has 0 saturated heterocycles. The van der Waals surface area contributed by atoms with Crippen LogP contribution in [-0.2, 0) is 30.6 Å². The fourth-order valence-corrected chi connectivity index (χ4v) is 5.47. The van der Waals surface area contributed by atoms with E-state index in [2.05, 4.69) is 71.3 Å². The monoisotopic (exact) mass is 549 g/mol. The SMILES string of the molecule is CCc1nc2c(C)cc(I)nc2n1Cc1ccc2c(c1)CCc1ccccc1/C2=C/C(=O)O. The Balaban J connectivity index is 1.60. The Kier molecular flexibility index (Phi) is 5.78. The van der Waals surface area contributed by atoms with Gasteiger partial charge >= 0.3 is 5.97 Å². The summed E-state index contributed by atoms with van der Waals surface area (Å²) in [4.78, 5) is 21.3. The van der Waals surface area contributed by atoms with Gasteiger partial charge in [-0.1, -0.05) is 49.4 Å². The van der Waals surface area contributed by atoms with Crippen LogP contribution in [-0.4, -0.2) is 25.6 Å². The Morgan fingerprint density at radius 2 is 1.85 bits per heavy atom. The van der Waals surface area contributed by atoms with Crippen LogP contribution in [0, 0.1) is 10.6 Å². The van der Waals surface area contributed by atoms with Gasteiger partial charge in [0.25, 0.3) is 0 Å². The fraction of sp³-hybridized carbons (Fsp3) is 0.222. The van der Waals surface area contributed by atoms with E-state index in [0.29, 0.717) is 6.54 Å². The second-order valence-corrected chi connectivity index (χ2v) is 9.55. The molecule has 5 rings (SSSR count). The van der Waals surface area contributed by atoms with Crippen molar-refractivity contribution in [2.24, 2.45) is 0 Å². The van der Waals surface area contributed by atoms with Gasteiger partial charge < -0.3 is 9.67 Å². The molecule has 4 aromatic rings. The normalized spacial score (nSPS) is 14.2. The third kappa shape index (κ3) is 4.08. The maximum absolute atomic E-state index is 11.6. The van der Waals surface area contributed by atoms with Gasteiger partial charge in [-0.3, -0.25) is 0 Å². The number of hydrogen-bond acceptors (Lipinski definition) is 3. The van der Waals surface area contributed by atoms with Gasteiger partial charge in [0, 0.05) is 12.5 Å². The van der Waals surface area contributed by atoms with Crippen molar-refractivity contribution in [3.05, 3.63) is 97.5 Å². The van der Waals surface area contributed by atoms with Crippen LogP contribution in [0.1, 0.15) is 46.1 Å². The molecular formula is C27H24IN3O2. The fourth-order valence-electron chi connectivity index (χ4n) is 4.78. The van der Waals surface area contributed by atoms with E-state index >= 15 is 0 Å². The second kappa shape index (κ2) is 8.74. The van der Waals surface area contributed by atoms with Crippen LogP contribution in [0.15, 0.2) is 54.6 Å². The second-order valence-electron chi connectivity index (χ2n) is 8.45. The Bertz CT molecular complexity index is 1440. The number of pyridine rings is 1. The highest BCUT2D eigenvalue weighted by Crippen LogP contribution is 2.34. The van der Waals surface area contributed by atoms with Gasteiger partial charge in [0.1, 0.15) is 15.0 Å². The Morgan fingerprint density at radius 3 is 2.64 bits per heavy atom. The van der Waals surface area contributed by atoms with Crippen molar-refractivity contribution in [3.8, 4) is 0 Å². The molecule has 0 spiro atoms. The summed E-state index contributed by atoms with van der Waals surface area (Å²) in [6.45, 7) is 4.89. The van der Waals surface area contributed by atoms with E-state index in [0.717, 1.165) is 62.2 Å². The van der Waals surface area contributed by atoms with Crippen LogP contribution < -0.4 is 0 Å². The van der Waals surface area contributed by atoms with Crippen LogP contribution in [0.2, 0.25) is 0 Å². The first kappa shape index (κ1) is 21.8. The first-order valence-electron chi connectivity index (χ1n) is 11.1. The number of halogens is 1. The number of nitrogens with zero attached hydrogens (tertiary/aromatic N) is 3. The van der Waals surface area contributed by atoms with E-state index in [1.807, 2.05) is 18.2 Å². The van der Waals surface area contributed by atoms with Crippen molar-refractivity contribution < 1.29 is 9.90 Å². The molecule has 33 heavy (non-hydrogen) atoms. The molecule has 1 N–H and O–H groups in total. The lowest BCUT2D eigenvalue weighted by atomic mass is 9.92. The van der Waals surface area contributed by atoms with Crippen molar-refractivity contribution >= 4 is 45.3 Å². The number of aromatic nitrogens is 3. The van der Waals surface area contributed by atoms with Gasteiger partial charge in [0.05, 0.1) is 6.54 Å². The Hall–Kier alpha value is -3.00. The lowest BCUT2D eigenvalue weighted by Crippen LogP contribution is -2.07. The lowest BCUT2D eigenvalue weighted by molar-refractivity contribution is -0.131. The number of benzene rings is 2. The van der Waals surface area contributed by atoms with Gasteiger partial charge in [-0.15, -0.1) is 0 Å². The molecule has 0 unspecified atom stereocenters. The molecule has 0 saturated carbocycles. The molecule has 0 amide bonds. The van der Waals surface area contributed by atoms with Crippen LogP contribution in [0.3, 0.4) is 0 Å². The summed E-state index contributed by atoms with van der Waals surface area (Å²) in [5, 5.41) is 9.54. The van der Waals surface area contributed by atoms with Gasteiger partial charge in [-0.25, -0.2) is 14.8 Å². The third-order valence-corrected chi connectivity index (χ3v) is 6.85. The van der Waals surface area contributed by atoms with Crippen LogP contribution in [0.25, 0.3) is 16.7 Å². The van der Waals surface area contributed by atoms with E-state index in [-0.39, 0.29) is 0 Å². The average Bonchev–Trinajstić information content (AvgIpc) is 3.06. The van der Waals surface area contributed by atoms with Crippen LogP contribution in [0.4, 0.5) is 0 Å². The number of carboxylic acid groups (broad SMARTS) is 1. The maximum atomic E-state index is 11.6. The van der Waals surface area contributed by atoms with E-state index in [4.69, 9.17) is 9.97 Å². The summed E-state index contributed by atoms with van der Waals surface area (Å²) >= 11 is 2.26. The molecule has 0 fully saturated rings. The highest BCUT2D eigenvalue weighted by atomic mass is 127. The summed E-state index contributed by atoms with van der Waals surface area (Å²) in [6.07, 6.45) is 3.93. The molecule has 1 aliphatic rings. The Morgan fingerprint density at radius 1 is 1.09 bits per heavy atom. The molecule has 0 atom stereocenters.